The van der Waals surface area contributed by atoms with E-state index in [1.54, 1.807) is 12.1 Å². The highest BCUT2D eigenvalue weighted by molar-refractivity contribution is 5.47. The van der Waals surface area contributed by atoms with Crippen LogP contribution in [0, 0.1) is 0 Å². The Bertz CT molecular complexity index is 650. The van der Waals surface area contributed by atoms with E-state index in [4.69, 9.17) is 11.1 Å². The summed E-state index contributed by atoms with van der Waals surface area (Å²) in [6, 6.07) is 14.9. The molecule has 0 spiro atoms. The quantitative estimate of drug-likeness (QED) is 0.383. The third-order valence-electron chi connectivity index (χ3n) is 3.06. The summed E-state index contributed by atoms with van der Waals surface area (Å²) in [4.78, 5) is 5.57. The van der Waals surface area contributed by atoms with Crippen molar-refractivity contribution in [2.24, 2.45) is 10.2 Å². The predicted octanol–water partition coefficient (Wildman–Crippen LogP) is 5.72. The molecule has 0 aromatic heterocycles. The molecule has 0 unspecified atom stereocenters. The zero-order chi connectivity index (χ0) is 14.4. The zero-order valence-electron chi connectivity index (χ0n) is 10.9. The Kier molecular flexibility index (Phi) is 4.24. The lowest BCUT2D eigenvalue weighted by molar-refractivity contribution is 0.922. The van der Waals surface area contributed by atoms with E-state index in [0.29, 0.717) is 11.4 Å². The van der Waals surface area contributed by atoms with E-state index in [1.807, 2.05) is 43.3 Å². The van der Waals surface area contributed by atoms with E-state index in [2.05, 4.69) is 20.1 Å². The van der Waals surface area contributed by atoms with Gasteiger partial charge in [-0.15, -0.1) is 0 Å². The number of hydrogen-bond donors (Lipinski definition) is 0. The number of nitrogens with zero attached hydrogens (tertiary/aromatic N) is 6. The smallest absolute Gasteiger partial charge is 0.0378 e. The van der Waals surface area contributed by atoms with Crippen molar-refractivity contribution in [2.45, 2.75) is 12.8 Å². The van der Waals surface area contributed by atoms with E-state index in [9.17, 15) is 0 Å². The molecule has 2 aromatic carbocycles. The lowest BCUT2D eigenvalue weighted by Crippen LogP contribution is -1.95. The maximum Gasteiger partial charge on any atom is 0.0378 e. The second-order valence-corrected chi connectivity index (χ2v) is 4.29. The van der Waals surface area contributed by atoms with Crippen LogP contribution in [0.3, 0.4) is 0 Å². The molecule has 0 N–H and O–H groups in total. The molecule has 0 aliphatic carbocycles. The number of hydrogen-bond acceptors (Lipinski definition) is 2. The normalized spacial score (nSPS) is 11.1. The maximum absolute atomic E-state index is 8.47. The molecule has 2 aromatic rings. The van der Waals surface area contributed by atoms with Gasteiger partial charge in [-0.1, -0.05) is 53.6 Å². The Morgan fingerprint density at radius 3 is 1.70 bits per heavy atom. The summed E-state index contributed by atoms with van der Waals surface area (Å²) in [7, 11) is 0. The van der Waals surface area contributed by atoms with Crippen molar-refractivity contribution >= 4 is 11.4 Å². The lowest BCUT2D eigenvalue weighted by atomic mass is 9.92. The molecule has 98 valence electrons. The van der Waals surface area contributed by atoms with E-state index in [0.717, 1.165) is 11.1 Å². The first-order valence-corrected chi connectivity index (χ1v) is 6.04. The average Bonchev–Trinajstić information content (AvgIpc) is 2.48. The molecule has 20 heavy (non-hydrogen) atoms. The summed E-state index contributed by atoms with van der Waals surface area (Å²) in [5.74, 6) is 0.109. The number of rotatable bonds is 4. The van der Waals surface area contributed by atoms with Crippen LogP contribution in [0.2, 0.25) is 0 Å². The fourth-order valence-electron chi connectivity index (χ4n) is 2.01. The summed E-state index contributed by atoms with van der Waals surface area (Å²) in [6.07, 6.45) is 0. The summed E-state index contributed by atoms with van der Waals surface area (Å²) in [5, 5.41) is 7.21. The van der Waals surface area contributed by atoms with Gasteiger partial charge in [0, 0.05) is 27.1 Å². The maximum atomic E-state index is 8.47. The van der Waals surface area contributed by atoms with Crippen LogP contribution in [0.4, 0.5) is 11.4 Å². The minimum absolute atomic E-state index is 0.109. The van der Waals surface area contributed by atoms with Crippen LogP contribution in [0.5, 0.6) is 0 Å². The van der Waals surface area contributed by atoms with Crippen LogP contribution >= 0.6 is 0 Å². The van der Waals surface area contributed by atoms with Crippen LogP contribution < -0.4 is 0 Å². The zero-order valence-corrected chi connectivity index (χ0v) is 10.9. The highest BCUT2D eigenvalue weighted by Gasteiger charge is 2.09. The van der Waals surface area contributed by atoms with Crippen LogP contribution in [0.25, 0.3) is 20.9 Å². The lowest BCUT2D eigenvalue weighted by Gasteiger charge is -2.13. The van der Waals surface area contributed by atoms with Gasteiger partial charge in [0.15, 0.2) is 0 Å². The summed E-state index contributed by atoms with van der Waals surface area (Å²) in [6.45, 7) is 2.05. The second kappa shape index (κ2) is 6.29. The number of azide groups is 2. The fraction of sp³-hybridized carbons (Fsp3) is 0.143. The van der Waals surface area contributed by atoms with Crippen LogP contribution in [0.15, 0.2) is 58.8 Å². The Morgan fingerprint density at radius 2 is 1.30 bits per heavy atom. The van der Waals surface area contributed by atoms with Crippen molar-refractivity contribution in [2.75, 3.05) is 0 Å². The molecular weight excluding hydrogens is 252 g/mol. The van der Waals surface area contributed by atoms with Crippen LogP contribution in [0.1, 0.15) is 24.0 Å². The first-order chi connectivity index (χ1) is 9.74. The molecule has 0 aliphatic heterocycles. The topological polar surface area (TPSA) is 97.5 Å². The predicted molar refractivity (Wildman–Crippen MR) is 78.0 cm³/mol. The van der Waals surface area contributed by atoms with Gasteiger partial charge < -0.3 is 0 Å². The molecule has 0 fully saturated rings. The Morgan fingerprint density at radius 1 is 0.850 bits per heavy atom. The highest BCUT2D eigenvalue weighted by atomic mass is 15.1. The van der Waals surface area contributed by atoms with Crippen molar-refractivity contribution < 1.29 is 0 Å². The third-order valence-corrected chi connectivity index (χ3v) is 3.06. The third kappa shape index (κ3) is 3.09. The van der Waals surface area contributed by atoms with E-state index < -0.39 is 0 Å². The molecule has 0 saturated carbocycles. The first-order valence-electron chi connectivity index (χ1n) is 6.04. The minimum atomic E-state index is 0.109. The van der Waals surface area contributed by atoms with Crippen molar-refractivity contribution in [1.82, 2.24) is 0 Å². The number of benzene rings is 2. The Balaban J connectivity index is 2.37. The van der Waals surface area contributed by atoms with Gasteiger partial charge in [-0.3, -0.25) is 0 Å². The van der Waals surface area contributed by atoms with Crippen molar-refractivity contribution in [3.8, 4) is 0 Å². The molecular formula is C14H12N6. The minimum Gasteiger partial charge on any atom is -0.0615 e. The SMILES string of the molecule is CC(c1cccc(N=[N+]=[N-])c1)c1cccc(N=[N+]=[N-])c1. The molecule has 0 radical (unpaired) electrons. The van der Waals surface area contributed by atoms with Crippen molar-refractivity contribution in [1.29, 1.82) is 0 Å². The molecule has 6 heteroatoms. The molecule has 0 saturated heterocycles. The van der Waals surface area contributed by atoms with E-state index in [1.165, 1.54) is 0 Å². The molecule has 0 heterocycles. The molecule has 0 atom stereocenters. The van der Waals surface area contributed by atoms with Gasteiger partial charge in [0.1, 0.15) is 0 Å². The summed E-state index contributed by atoms with van der Waals surface area (Å²) in [5.41, 5.74) is 20.2. The standard InChI is InChI=1S/C14H12N6/c1-10(11-4-2-6-13(8-11)17-19-15)12-5-3-7-14(9-12)18-20-16/h2-10H,1H3. The van der Waals surface area contributed by atoms with E-state index in [-0.39, 0.29) is 5.92 Å². The van der Waals surface area contributed by atoms with Gasteiger partial charge in [-0.25, -0.2) is 0 Å². The van der Waals surface area contributed by atoms with Gasteiger partial charge in [-0.2, -0.15) is 0 Å². The highest BCUT2D eigenvalue weighted by Crippen LogP contribution is 2.29. The molecule has 0 amide bonds. The molecule has 6 nitrogen and oxygen atoms in total. The fourth-order valence-corrected chi connectivity index (χ4v) is 2.01. The van der Waals surface area contributed by atoms with Crippen molar-refractivity contribution in [3.63, 3.8) is 0 Å². The van der Waals surface area contributed by atoms with Crippen LogP contribution in [-0.2, 0) is 0 Å². The average molecular weight is 264 g/mol. The van der Waals surface area contributed by atoms with Gasteiger partial charge in [0.05, 0.1) is 0 Å². The second-order valence-electron chi connectivity index (χ2n) is 4.29. The van der Waals surface area contributed by atoms with Gasteiger partial charge >= 0.3 is 0 Å². The largest absolute Gasteiger partial charge is 0.0615 e. The summed E-state index contributed by atoms with van der Waals surface area (Å²) >= 11 is 0. The van der Waals surface area contributed by atoms with Gasteiger partial charge in [0.25, 0.3) is 0 Å². The monoisotopic (exact) mass is 264 g/mol. The van der Waals surface area contributed by atoms with E-state index >= 15 is 0 Å². The molecule has 0 bridgehead atoms. The molecule has 0 aliphatic rings. The van der Waals surface area contributed by atoms with Crippen molar-refractivity contribution in [3.05, 3.63) is 80.5 Å². The molecule has 2 rings (SSSR count). The van der Waals surface area contributed by atoms with Gasteiger partial charge in [0.2, 0.25) is 0 Å². The Hall–Kier alpha value is -2.94. The summed E-state index contributed by atoms with van der Waals surface area (Å²) < 4.78 is 0. The van der Waals surface area contributed by atoms with Gasteiger partial charge in [-0.05, 0) is 34.3 Å². The Labute approximate surface area is 115 Å². The van der Waals surface area contributed by atoms with Crippen LogP contribution in [-0.4, -0.2) is 0 Å². The first kappa shape index (κ1) is 13.5.